The van der Waals surface area contributed by atoms with Crippen LogP contribution in [0.2, 0.25) is 0 Å². The summed E-state index contributed by atoms with van der Waals surface area (Å²) >= 11 is 0. The number of sulfonamides is 1. The molecule has 5 nitrogen and oxygen atoms in total. The predicted molar refractivity (Wildman–Crippen MR) is 112 cm³/mol. The number of rotatable bonds is 4. The number of H-pyrrole nitrogens is 1. The lowest BCUT2D eigenvalue weighted by atomic mass is 9.95. The molecule has 4 rings (SSSR count). The fraction of sp³-hybridized carbons (Fsp3) is 0.364. The number of hydrogen-bond acceptors (Lipinski definition) is 3. The molecule has 1 fully saturated rings. The van der Waals surface area contributed by atoms with Gasteiger partial charge in [-0.1, -0.05) is 6.07 Å². The number of nitrogens with zero attached hydrogens (tertiary/aromatic N) is 1. The number of aromatic amines is 1. The molecule has 0 saturated carbocycles. The second-order valence-electron chi connectivity index (χ2n) is 7.60. The van der Waals surface area contributed by atoms with Gasteiger partial charge in [0.1, 0.15) is 5.75 Å². The third-order valence-electron chi connectivity index (χ3n) is 5.86. The average Bonchev–Trinajstić information content (AvgIpc) is 3.13. The Balaban J connectivity index is 1.50. The Labute approximate surface area is 166 Å². The summed E-state index contributed by atoms with van der Waals surface area (Å²) < 4.78 is 32.9. The van der Waals surface area contributed by atoms with Gasteiger partial charge in [0.15, 0.2) is 0 Å². The van der Waals surface area contributed by atoms with Crippen molar-refractivity contribution in [2.75, 3.05) is 20.2 Å². The number of benzene rings is 2. The number of fused-ring (bicyclic) bond motifs is 1. The molecule has 0 radical (unpaired) electrons. The van der Waals surface area contributed by atoms with Gasteiger partial charge in [0.25, 0.3) is 0 Å². The van der Waals surface area contributed by atoms with Crippen LogP contribution in [0.3, 0.4) is 0 Å². The highest BCUT2D eigenvalue weighted by atomic mass is 32.2. The summed E-state index contributed by atoms with van der Waals surface area (Å²) in [6.07, 6.45) is 1.63. The van der Waals surface area contributed by atoms with Crippen LogP contribution in [-0.4, -0.2) is 37.9 Å². The van der Waals surface area contributed by atoms with E-state index in [1.165, 1.54) is 5.69 Å². The van der Waals surface area contributed by atoms with Gasteiger partial charge in [-0.3, -0.25) is 0 Å². The Morgan fingerprint density at radius 3 is 2.43 bits per heavy atom. The van der Waals surface area contributed by atoms with E-state index in [1.54, 1.807) is 23.5 Å². The van der Waals surface area contributed by atoms with Crippen molar-refractivity contribution in [1.82, 2.24) is 9.29 Å². The minimum atomic E-state index is -3.43. The highest BCUT2D eigenvalue weighted by Gasteiger charge is 2.30. The van der Waals surface area contributed by atoms with Gasteiger partial charge in [-0.05, 0) is 74.2 Å². The quantitative estimate of drug-likeness (QED) is 0.710. The molecule has 1 aliphatic rings. The van der Waals surface area contributed by atoms with Crippen LogP contribution in [0.5, 0.6) is 5.75 Å². The van der Waals surface area contributed by atoms with E-state index < -0.39 is 10.0 Å². The Bertz CT molecular complexity index is 1110. The molecule has 0 spiro atoms. The molecule has 0 amide bonds. The van der Waals surface area contributed by atoms with Gasteiger partial charge in [0.2, 0.25) is 10.0 Å². The summed E-state index contributed by atoms with van der Waals surface area (Å²) in [5.41, 5.74) is 4.37. The first-order valence-electron chi connectivity index (χ1n) is 9.62. The Hall–Kier alpha value is -2.31. The van der Waals surface area contributed by atoms with Crippen LogP contribution in [0.4, 0.5) is 0 Å². The number of nitrogens with one attached hydrogen (secondary N) is 1. The molecule has 0 bridgehead atoms. The molecule has 2 heterocycles. The van der Waals surface area contributed by atoms with E-state index in [9.17, 15) is 8.42 Å². The van der Waals surface area contributed by atoms with Crippen molar-refractivity contribution in [2.24, 2.45) is 0 Å². The van der Waals surface area contributed by atoms with Crippen molar-refractivity contribution in [1.29, 1.82) is 0 Å². The predicted octanol–water partition coefficient (Wildman–Crippen LogP) is 4.36. The summed E-state index contributed by atoms with van der Waals surface area (Å²) in [5.74, 6) is 1.18. The van der Waals surface area contributed by atoms with Crippen molar-refractivity contribution in [3.63, 3.8) is 0 Å². The fourth-order valence-corrected chi connectivity index (χ4v) is 5.47. The lowest BCUT2D eigenvalue weighted by Crippen LogP contribution is -2.38. The Kier molecular flexibility index (Phi) is 4.93. The molecule has 1 aromatic heterocycles. The van der Waals surface area contributed by atoms with E-state index in [0.29, 0.717) is 23.9 Å². The molecule has 0 atom stereocenters. The zero-order valence-corrected chi connectivity index (χ0v) is 17.3. The summed E-state index contributed by atoms with van der Waals surface area (Å²) in [5, 5.41) is 1.12. The lowest BCUT2D eigenvalue weighted by Gasteiger charge is -2.31. The molecule has 1 aliphatic heterocycles. The SMILES string of the molecule is COc1ccc2[nH]c(C3CCN(S(=O)(=O)c4ccc(C)c(C)c4)CC3)cc2c1. The van der Waals surface area contributed by atoms with Crippen LogP contribution >= 0.6 is 0 Å². The molecule has 28 heavy (non-hydrogen) atoms. The van der Waals surface area contributed by atoms with Crippen molar-refractivity contribution < 1.29 is 13.2 Å². The van der Waals surface area contributed by atoms with Crippen molar-refractivity contribution in [3.05, 3.63) is 59.3 Å². The standard InChI is InChI=1S/C22H26N2O3S/c1-15-4-6-20(12-16(15)2)28(25,26)24-10-8-17(9-11-24)22-14-18-13-19(27-3)5-7-21(18)23-22/h4-7,12-14,17,23H,8-11H2,1-3H3. The maximum absolute atomic E-state index is 13.0. The number of piperidine rings is 1. The van der Waals surface area contributed by atoms with Crippen LogP contribution in [0, 0.1) is 13.8 Å². The van der Waals surface area contributed by atoms with Crippen LogP contribution in [0.15, 0.2) is 47.4 Å². The van der Waals surface area contributed by atoms with Gasteiger partial charge in [-0.15, -0.1) is 0 Å². The molecule has 0 unspecified atom stereocenters. The van der Waals surface area contributed by atoms with Crippen molar-refractivity contribution in [2.45, 2.75) is 37.5 Å². The average molecular weight is 399 g/mol. The molecule has 1 saturated heterocycles. The van der Waals surface area contributed by atoms with E-state index in [4.69, 9.17) is 4.74 Å². The maximum Gasteiger partial charge on any atom is 0.243 e. The number of aromatic nitrogens is 1. The first-order chi connectivity index (χ1) is 13.4. The van der Waals surface area contributed by atoms with E-state index in [-0.39, 0.29) is 0 Å². The summed E-state index contributed by atoms with van der Waals surface area (Å²) in [7, 11) is -1.77. The number of methoxy groups -OCH3 is 1. The molecular formula is C22H26N2O3S. The molecule has 3 aromatic rings. The number of aryl methyl sites for hydroxylation is 2. The minimum absolute atomic E-state index is 0.338. The van der Waals surface area contributed by atoms with Crippen LogP contribution < -0.4 is 4.74 Å². The van der Waals surface area contributed by atoms with E-state index in [0.717, 1.165) is 40.6 Å². The third kappa shape index (κ3) is 3.42. The summed E-state index contributed by atoms with van der Waals surface area (Å²) in [4.78, 5) is 3.89. The molecule has 0 aliphatic carbocycles. The van der Waals surface area contributed by atoms with Gasteiger partial charge in [-0.2, -0.15) is 4.31 Å². The van der Waals surface area contributed by atoms with E-state index >= 15 is 0 Å². The van der Waals surface area contributed by atoms with Gasteiger partial charge in [0.05, 0.1) is 12.0 Å². The number of ether oxygens (including phenoxy) is 1. The second kappa shape index (κ2) is 7.26. The smallest absolute Gasteiger partial charge is 0.243 e. The first kappa shape index (κ1) is 19.0. The van der Waals surface area contributed by atoms with E-state index in [2.05, 4.69) is 11.1 Å². The van der Waals surface area contributed by atoms with Gasteiger partial charge in [-0.25, -0.2) is 8.42 Å². The largest absolute Gasteiger partial charge is 0.497 e. The Morgan fingerprint density at radius 1 is 1.00 bits per heavy atom. The Morgan fingerprint density at radius 2 is 1.75 bits per heavy atom. The number of hydrogen-bond donors (Lipinski definition) is 1. The zero-order chi connectivity index (χ0) is 19.9. The highest BCUT2D eigenvalue weighted by Crippen LogP contribution is 2.33. The molecule has 2 aromatic carbocycles. The highest BCUT2D eigenvalue weighted by molar-refractivity contribution is 7.89. The van der Waals surface area contributed by atoms with Gasteiger partial charge < -0.3 is 9.72 Å². The molecule has 148 valence electrons. The monoisotopic (exact) mass is 398 g/mol. The van der Waals surface area contributed by atoms with Crippen LogP contribution in [0.1, 0.15) is 35.6 Å². The van der Waals surface area contributed by atoms with E-state index in [1.807, 2.05) is 38.1 Å². The minimum Gasteiger partial charge on any atom is -0.497 e. The first-order valence-corrected chi connectivity index (χ1v) is 11.1. The lowest BCUT2D eigenvalue weighted by molar-refractivity contribution is 0.317. The zero-order valence-electron chi connectivity index (χ0n) is 16.5. The second-order valence-corrected chi connectivity index (χ2v) is 9.54. The third-order valence-corrected chi connectivity index (χ3v) is 7.75. The van der Waals surface area contributed by atoms with Crippen LogP contribution in [0.25, 0.3) is 10.9 Å². The maximum atomic E-state index is 13.0. The summed E-state index contributed by atoms with van der Waals surface area (Å²) in [6.45, 7) is 5.02. The normalized spacial score (nSPS) is 16.5. The fourth-order valence-electron chi connectivity index (χ4n) is 3.91. The summed E-state index contributed by atoms with van der Waals surface area (Å²) in [6, 6.07) is 13.5. The van der Waals surface area contributed by atoms with Crippen LogP contribution in [-0.2, 0) is 10.0 Å². The van der Waals surface area contributed by atoms with Gasteiger partial charge >= 0.3 is 0 Å². The van der Waals surface area contributed by atoms with Gasteiger partial charge in [0, 0.05) is 35.6 Å². The molecular weight excluding hydrogens is 372 g/mol. The van der Waals surface area contributed by atoms with Crippen molar-refractivity contribution >= 4 is 20.9 Å². The van der Waals surface area contributed by atoms with Crippen molar-refractivity contribution in [3.8, 4) is 5.75 Å². The molecule has 1 N–H and O–H groups in total. The molecule has 6 heteroatoms. The topological polar surface area (TPSA) is 62.4 Å².